The van der Waals surface area contributed by atoms with E-state index in [0.29, 0.717) is 0 Å². The molecule has 0 spiro atoms. The third-order valence-corrected chi connectivity index (χ3v) is 2.24. The number of alkyl halides is 2. The molecule has 0 fully saturated rings. The highest BCUT2D eigenvalue weighted by atomic mass is 19.3. The van der Waals surface area contributed by atoms with E-state index in [-0.39, 0.29) is 5.56 Å². The first kappa shape index (κ1) is 10.2. The van der Waals surface area contributed by atoms with Crippen LogP contribution in [0.25, 0.3) is 0 Å². The molecule has 1 aromatic carbocycles. The first-order valence-electron chi connectivity index (χ1n) is 4.43. The van der Waals surface area contributed by atoms with Crippen LogP contribution in [0, 0.1) is 6.92 Å². The summed E-state index contributed by atoms with van der Waals surface area (Å²) in [7, 11) is 0. The Morgan fingerprint density at radius 1 is 1.31 bits per heavy atom. The smallest absolute Gasteiger partial charge is 0.202 e. The van der Waals surface area contributed by atoms with Gasteiger partial charge in [-0.1, -0.05) is 19.1 Å². The van der Waals surface area contributed by atoms with Crippen molar-refractivity contribution in [1.82, 2.24) is 0 Å². The quantitative estimate of drug-likeness (QED) is 0.657. The van der Waals surface area contributed by atoms with E-state index < -0.39 is 5.92 Å². The fourth-order valence-corrected chi connectivity index (χ4v) is 1.33. The summed E-state index contributed by atoms with van der Waals surface area (Å²) in [5.74, 6) is -2.72. The van der Waals surface area contributed by atoms with Crippen LogP contribution in [0.1, 0.15) is 30.5 Å². The zero-order valence-corrected chi connectivity index (χ0v) is 8.20. The van der Waals surface area contributed by atoms with E-state index in [4.69, 9.17) is 0 Å². The van der Waals surface area contributed by atoms with Gasteiger partial charge in [-0.2, -0.15) is 0 Å². The van der Waals surface area contributed by atoms with Crippen LogP contribution in [0.3, 0.4) is 0 Å². The lowest BCUT2D eigenvalue weighted by molar-refractivity contribution is 0.0174. The molecule has 0 radical (unpaired) electrons. The second kappa shape index (κ2) is 3.44. The summed E-state index contributed by atoms with van der Waals surface area (Å²) in [6.45, 7) is 4.84. The molecule has 0 nitrogen and oxygen atoms in total. The van der Waals surface area contributed by atoms with Crippen LogP contribution in [-0.4, -0.2) is 0 Å². The Morgan fingerprint density at radius 3 is 2.38 bits per heavy atom. The summed E-state index contributed by atoms with van der Waals surface area (Å²) in [5.41, 5.74) is 2.18. The van der Waals surface area contributed by atoms with Crippen LogP contribution < -0.4 is 0 Å². The van der Waals surface area contributed by atoms with Gasteiger partial charge in [-0.15, -0.1) is 0 Å². The van der Waals surface area contributed by atoms with Crippen LogP contribution in [0.5, 0.6) is 0 Å². The van der Waals surface area contributed by atoms with E-state index in [1.165, 1.54) is 6.07 Å². The van der Waals surface area contributed by atoms with Crippen LogP contribution in [-0.2, 0) is 12.3 Å². The Balaban J connectivity index is 3.14. The number of benzene rings is 1. The standard InChI is InChI=1S/C11H14F2/c1-4-9-7-10(11(3,12)13)6-5-8(9)2/h5-7H,4H2,1-3H3. The summed E-state index contributed by atoms with van der Waals surface area (Å²) in [5, 5.41) is 0. The zero-order valence-electron chi connectivity index (χ0n) is 8.20. The van der Waals surface area contributed by atoms with Gasteiger partial charge in [0.15, 0.2) is 0 Å². The van der Waals surface area contributed by atoms with Crippen LogP contribution in [0.2, 0.25) is 0 Å². The fraction of sp³-hybridized carbons (Fsp3) is 0.455. The molecule has 0 aliphatic rings. The molecule has 0 N–H and O–H groups in total. The molecule has 72 valence electrons. The Morgan fingerprint density at radius 2 is 1.92 bits per heavy atom. The molecule has 13 heavy (non-hydrogen) atoms. The summed E-state index contributed by atoms with van der Waals surface area (Å²) in [6.07, 6.45) is 0.801. The molecule has 0 aliphatic carbocycles. The van der Waals surface area contributed by atoms with Crippen molar-refractivity contribution in [3.8, 4) is 0 Å². The van der Waals surface area contributed by atoms with Gasteiger partial charge in [0.2, 0.25) is 0 Å². The topological polar surface area (TPSA) is 0 Å². The summed E-state index contributed by atoms with van der Waals surface area (Å²) >= 11 is 0. The van der Waals surface area contributed by atoms with Crippen molar-refractivity contribution < 1.29 is 8.78 Å². The van der Waals surface area contributed by atoms with Gasteiger partial charge in [-0.05, 0) is 30.5 Å². The van der Waals surface area contributed by atoms with Crippen molar-refractivity contribution in [1.29, 1.82) is 0 Å². The summed E-state index contributed by atoms with van der Waals surface area (Å²) in [4.78, 5) is 0. The molecular weight excluding hydrogens is 170 g/mol. The second-order valence-electron chi connectivity index (χ2n) is 3.38. The third kappa shape index (κ3) is 2.27. The van der Waals surface area contributed by atoms with Crippen molar-refractivity contribution in [2.24, 2.45) is 0 Å². The van der Waals surface area contributed by atoms with E-state index in [2.05, 4.69) is 0 Å². The monoisotopic (exact) mass is 184 g/mol. The molecule has 0 saturated heterocycles. The minimum Gasteiger partial charge on any atom is -0.202 e. The average molecular weight is 184 g/mol. The van der Waals surface area contributed by atoms with Gasteiger partial charge < -0.3 is 0 Å². The van der Waals surface area contributed by atoms with E-state index in [1.54, 1.807) is 12.1 Å². The van der Waals surface area contributed by atoms with Gasteiger partial charge in [0.25, 0.3) is 5.92 Å². The highest BCUT2D eigenvalue weighted by molar-refractivity contribution is 5.32. The predicted molar refractivity (Wildman–Crippen MR) is 50.1 cm³/mol. The van der Waals surface area contributed by atoms with Gasteiger partial charge in [0, 0.05) is 12.5 Å². The molecule has 1 rings (SSSR count). The Bertz CT molecular complexity index is 297. The molecular formula is C11H14F2. The third-order valence-electron chi connectivity index (χ3n) is 2.24. The minimum atomic E-state index is -2.72. The van der Waals surface area contributed by atoms with Gasteiger partial charge in [0.1, 0.15) is 0 Å². The molecule has 0 unspecified atom stereocenters. The molecule has 1 aromatic rings. The fourth-order valence-electron chi connectivity index (χ4n) is 1.33. The number of halogens is 2. The number of hydrogen-bond acceptors (Lipinski definition) is 0. The van der Waals surface area contributed by atoms with Gasteiger partial charge in [-0.3, -0.25) is 0 Å². The lowest BCUT2D eigenvalue weighted by Gasteiger charge is -2.12. The molecule has 0 bridgehead atoms. The average Bonchev–Trinajstić information content (AvgIpc) is 2.03. The van der Waals surface area contributed by atoms with Crippen LogP contribution >= 0.6 is 0 Å². The normalized spacial score (nSPS) is 11.8. The van der Waals surface area contributed by atoms with Crippen molar-refractivity contribution >= 4 is 0 Å². The maximum Gasteiger partial charge on any atom is 0.270 e. The first-order chi connectivity index (χ1) is 5.95. The number of rotatable bonds is 2. The van der Waals surface area contributed by atoms with Crippen molar-refractivity contribution in [2.45, 2.75) is 33.1 Å². The highest BCUT2D eigenvalue weighted by Crippen LogP contribution is 2.28. The molecule has 0 heterocycles. The van der Waals surface area contributed by atoms with Crippen molar-refractivity contribution in [3.63, 3.8) is 0 Å². The van der Waals surface area contributed by atoms with E-state index in [9.17, 15) is 8.78 Å². The Labute approximate surface area is 77.6 Å². The van der Waals surface area contributed by atoms with Crippen LogP contribution in [0.15, 0.2) is 18.2 Å². The van der Waals surface area contributed by atoms with Gasteiger partial charge >= 0.3 is 0 Å². The van der Waals surface area contributed by atoms with E-state index in [1.807, 2.05) is 13.8 Å². The maximum atomic E-state index is 12.9. The molecule has 0 aromatic heterocycles. The van der Waals surface area contributed by atoms with E-state index in [0.717, 1.165) is 24.5 Å². The Hall–Kier alpha value is -0.920. The van der Waals surface area contributed by atoms with Gasteiger partial charge in [0.05, 0.1) is 0 Å². The molecule has 0 atom stereocenters. The highest BCUT2D eigenvalue weighted by Gasteiger charge is 2.24. The Kier molecular flexibility index (Phi) is 2.69. The van der Waals surface area contributed by atoms with E-state index >= 15 is 0 Å². The lowest BCUT2D eigenvalue weighted by atomic mass is 10.0. The minimum absolute atomic E-state index is 0.106. The lowest BCUT2D eigenvalue weighted by Crippen LogP contribution is -2.07. The largest absolute Gasteiger partial charge is 0.270 e. The number of aryl methyl sites for hydroxylation is 2. The zero-order chi connectivity index (χ0) is 10.1. The molecule has 0 aliphatic heterocycles. The van der Waals surface area contributed by atoms with Crippen LogP contribution in [0.4, 0.5) is 8.78 Å². The maximum absolute atomic E-state index is 12.9. The van der Waals surface area contributed by atoms with Crippen molar-refractivity contribution in [2.75, 3.05) is 0 Å². The van der Waals surface area contributed by atoms with Crippen molar-refractivity contribution in [3.05, 3.63) is 34.9 Å². The second-order valence-corrected chi connectivity index (χ2v) is 3.38. The molecule has 2 heteroatoms. The first-order valence-corrected chi connectivity index (χ1v) is 4.43. The molecule has 0 amide bonds. The predicted octanol–water partition coefficient (Wildman–Crippen LogP) is 3.67. The van der Waals surface area contributed by atoms with Gasteiger partial charge in [-0.25, -0.2) is 8.78 Å². The summed E-state index contributed by atoms with van der Waals surface area (Å²) in [6, 6.07) is 4.84. The molecule has 0 saturated carbocycles. The SMILES string of the molecule is CCc1cc(C(C)(F)F)ccc1C. The number of hydrogen-bond donors (Lipinski definition) is 0. The summed E-state index contributed by atoms with van der Waals surface area (Å²) < 4.78 is 25.8.